The maximum atomic E-state index is 13.2. The highest BCUT2D eigenvalue weighted by molar-refractivity contribution is 6.23. The lowest BCUT2D eigenvalue weighted by Crippen LogP contribution is -2.49. The highest BCUT2D eigenvalue weighted by Crippen LogP contribution is 2.30. The number of carbonyl (C=O) groups is 3. The van der Waals surface area contributed by atoms with Crippen LogP contribution in [0.3, 0.4) is 0 Å². The lowest BCUT2D eigenvalue weighted by Gasteiger charge is -2.28. The van der Waals surface area contributed by atoms with Gasteiger partial charge in [-0.05, 0) is 29.8 Å². The summed E-state index contributed by atoms with van der Waals surface area (Å²) < 4.78 is 44.6. The molecule has 0 unspecified atom stereocenters. The molecule has 0 saturated carbocycles. The number of benzene rings is 2. The summed E-state index contributed by atoms with van der Waals surface area (Å²) >= 11 is 0. The van der Waals surface area contributed by atoms with E-state index in [0.29, 0.717) is 16.2 Å². The van der Waals surface area contributed by atoms with Gasteiger partial charge in [-0.25, -0.2) is 4.90 Å². The van der Waals surface area contributed by atoms with Gasteiger partial charge in [0.1, 0.15) is 11.8 Å². The summed E-state index contributed by atoms with van der Waals surface area (Å²) in [5.74, 6) is -3.22. The average Bonchev–Trinajstić information content (AvgIpc) is 3.00. The largest absolute Gasteiger partial charge is 0.497 e. The molecule has 29 heavy (non-hydrogen) atoms. The van der Waals surface area contributed by atoms with Crippen LogP contribution >= 0.6 is 0 Å². The Balaban J connectivity index is 1.92. The molecule has 152 valence electrons. The topological polar surface area (TPSA) is 66.9 Å². The zero-order chi connectivity index (χ0) is 21.2. The van der Waals surface area contributed by atoms with E-state index in [0.717, 1.165) is 4.90 Å². The zero-order valence-corrected chi connectivity index (χ0v) is 15.3. The minimum atomic E-state index is -5.18. The van der Waals surface area contributed by atoms with Gasteiger partial charge < -0.3 is 9.64 Å². The number of imide groups is 1. The van der Waals surface area contributed by atoms with Gasteiger partial charge in [-0.2, -0.15) is 13.2 Å². The van der Waals surface area contributed by atoms with E-state index >= 15 is 0 Å². The molecule has 2 aromatic carbocycles. The number of hydrogen-bond acceptors (Lipinski definition) is 4. The summed E-state index contributed by atoms with van der Waals surface area (Å²) in [7, 11) is 1.44. The Kier molecular flexibility index (Phi) is 5.58. The van der Waals surface area contributed by atoms with Gasteiger partial charge in [0, 0.05) is 6.54 Å². The van der Waals surface area contributed by atoms with E-state index in [1.807, 2.05) is 0 Å². The normalized spacial score (nSPS) is 16.8. The molecule has 3 rings (SSSR count). The number of anilines is 1. The Morgan fingerprint density at radius 3 is 2.28 bits per heavy atom. The predicted molar refractivity (Wildman–Crippen MR) is 96.9 cm³/mol. The fourth-order valence-corrected chi connectivity index (χ4v) is 3.12. The second-order valence-corrected chi connectivity index (χ2v) is 6.40. The molecule has 2 aromatic rings. The molecule has 0 aromatic heterocycles. The molecular formula is C20H17F3N2O4. The predicted octanol–water partition coefficient (Wildman–Crippen LogP) is 2.92. The Morgan fingerprint density at radius 1 is 1.10 bits per heavy atom. The van der Waals surface area contributed by atoms with Crippen LogP contribution in [-0.4, -0.2) is 41.9 Å². The van der Waals surface area contributed by atoms with Crippen molar-refractivity contribution in [3.05, 3.63) is 60.2 Å². The van der Waals surface area contributed by atoms with E-state index in [4.69, 9.17) is 4.74 Å². The number of carbonyl (C=O) groups excluding carboxylic acids is 3. The molecule has 0 bridgehead atoms. The Bertz CT molecular complexity index is 914. The smallest absolute Gasteiger partial charge is 0.471 e. The van der Waals surface area contributed by atoms with Gasteiger partial charge in [-0.1, -0.05) is 30.3 Å². The first-order chi connectivity index (χ1) is 13.7. The average molecular weight is 406 g/mol. The number of halogens is 3. The van der Waals surface area contributed by atoms with E-state index in [1.165, 1.54) is 43.5 Å². The number of para-hydroxylation sites is 1. The molecule has 1 aliphatic rings. The van der Waals surface area contributed by atoms with Gasteiger partial charge in [-0.3, -0.25) is 14.4 Å². The third-order valence-electron chi connectivity index (χ3n) is 4.53. The van der Waals surface area contributed by atoms with Crippen LogP contribution in [-0.2, 0) is 20.9 Å². The summed E-state index contributed by atoms with van der Waals surface area (Å²) in [5.41, 5.74) is 0.607. The van der Waals surface area contributed by atoms with Crippen molar-refractivity contribution < 1.29 is 32.3 Å². The molecule has 0 aliphatic carbocycles. The Hall–Kier alpha value is -3.36. The molecular weight excluding hydrogens is 389 g/mol. The number of rotatable bonds is 5. The number of amides is 3. The van der Waals surface area contributed by atoms with Crippen LogP contribution < -0.4 is 9.64 Å². The van der Waals surface area contributed by atoms with Crippen molar-refractivity contribution in [1.29, 1.82) is 0 Å². The standard InChI is InChI=1S/C20H17F3N2O4/c1-29-15-9-7-13(8-10-15)12-24(19(28)20(21,22)23)16-11-17(26)25(18(16)27)14-5-3-2-4-6-14/h2-10,16H,11-12H2,1H3/t16-/m0/s1. The zero-order valence-electron chi connectivity index (χ0n) is 15.3. The van der Waals surface area contributed by atoms with Crippen LogP contribution in [0.1, 0.15) is 12.0 Å². The molecule has 3 amide bonds. The first-order valence-corrected chi connectivity index (χ1v) is 8.65. The van der Waals surface area contributed by atoms with Gasteiger partial charge in [0.15, 0.2) is 0 Å². The minimum Gasteiger partial charge on any atom is -0.497 e. The molecule has 0 N–H and O–H groups in total. The van der Waals surface area contributed by atoms with Gasteiger partial charge in [-0.15, -0.1) is 0 Å². The van der Waals surface area contributed by atoms with Crippen LogP contribution in [0, 0.1) is 0 Å². The highest BCUT2D eigenvalue weighted by Gasteiger charge is 2.50. The number of hydrogen-bond donors (Lipinski definition) is 0. The summed E-state index contributed by atoms with van der Waals surface area (Å²) in [5, 5.41) is 0. The van der Waals surface area contributed by atoms with Crippen LogP contribution in [0.25, 0.3) is 0 Å². The molecule has 9 heteroatoms. The number of ether oxygens (including phenoxy) is 1. The van der Waals surface area contributed by atoms with Crippen molar-refractivity contribution in [3.63, 3.8) is 0 Å². The van der Waals surface area contributed by atoms with E-state index in [1.54, 1.807) is 18.2 Å². The van der Waals surface area contributed by atoms with Crippen molar-refractivity contribution in [2.24, 2.45) is 0 Å². The van der Waals surface area contributed by atoms with Crippen LogP contribution in [0.2, 0.25) is 0 Å². The second kappa shape index (κ2) is 7.94. The number of methoxy groups -OCH3 is 1. The lowest BCUT2D eigenvalue weighted by atomic mass is 10.1. The van der Waals surface area contributed by atoms with Crippen LogP contribution in [0.5, 0.6) is 5.75 Å². The summed E-state index contributed by atoms with van der Waals surface area (Å²) in [6.07, 6.45) is -5.71. The maximum absolute atomic E-state index is 13.2. The van der Waals surface area contributed by atoms with Crippen LogP contribution in [0.4, 0.5) is 18.9 Å². The first kappa shape index (κ1) is 20.4. The Labute approximate surface area is 164 Å². The van der Waals surface area contributed by atoms with Gasteiger partial charge >= 0.3 is 12.1 Å². The minimum absolute atomic E-state index is 0.244. The third-order valence-corrected chi connectivity index (χ3v) is 4.53. The number of alkyl halides is 3. The quantitative estimate of drug-likeness (QED) is 0.717. The molecule has 1 aliphatic heterocycles. The maximum Gasteiger partial charge on any atom is 0.471 e. The van der Waals surface area contributed by atoms with Crippen LogP contribution in [0.15, 0.2) is 54.6 Å². The summed E-state index contributed by atoms with van der Waals surface area (Å²) in [6.45, 7) is -0.478. The van der Waals surface area contributed by atoms with Gasteiger partial charge in [0.05, 0.1) is 19.2 Å². The fraction of sp³-hybridized carbons (Fsp3) is 0.250. The SMILES string of the molecule is COc1ccc(CN(C(=O)C(F)(F)F)[C@H]2CC(=O)N(c3ccccc3)C2=O)cc1. The van der Waals surface area contributed by atoms with E-state index in [9.17, 15) is 27.6 Å². The van der Waals surface area contributed by atoms with E-state index in [2.05, 4.69) is 0 Å². The monoisotopic (exact) mass is 406 g/mol. The third kappa shape index (κ3) is 4.23. The number of nitrogens with zero attached hydrogens (tertiary/aromatic N) is 2. The molecule has 1 atom stereocenters. The second-order valence-electron chi connectivity index (χ2n) is 6.40. The van der Waals surface area contributed by atoms with Crippen molar-refractivity contribution in [2.75, 3.05) is 12.0 Å². The molecule has 1 fully saturated rings. The fourth-order valence-electron chi connectivity index (χ4n) is 3.12. The molecule has 0 radical (unpaired) electrons. The molecule has 0 spiro atoms. The van der Waals surface area contributed by atoms with E-state index in [-0.39, 0.29) is 5.69 Å². The van der Waals surface area contributed by atoms with Crippen molar-refractivity contribution in [1.82, 2.24) is 4.90 Å². The van der Waals surface area contributed by atoms with Crippen molar-refractivity contribution in [2.45, 2.75) is 25.2 Å². The molecule has 6 nitrogen and oxygen atoms in total. The van der Waals surface area contributed by atoms with E-state index < -0.39 is 42.9 Å². The van der Waals surface area contributed by atoms with Gasteiger partial charge in [0.2, 0.25) is 5.91 Å². The first-order valence-electron chi connectivity index (χ1n) is 8.65. The van der Waals surface area contributed by atoms with Gasteiger partial charge in [0.25, 0.3) is 5.91 Å². The van der Waals surface area contributed by atoms with Crippen molar-refractivity contribution >= 4 is 23.4 Å². The lowest BCUT2D eigenvalue weighted by molar-refractivity contribution is -0.188. The molecule has 1 heterocycles. The molecule has 1 saturated heterocycles. The summed E-state index contributed by atoms with van der Waals surface area (Å²) in [4.78, 5) is 38.5. The Morgan fingerprint density at radius 2 is 1.72 bits per heavy atom. The van der Waals surface area contributed by atoms with Crippen molar-refractivity contribution in [3.8, 4) is 5.75 Å². The highest BCUT2D eigenvalue weighted by atomic mass is 19.4. The summed E-state index contributed by atoms with van der Waals surface area (Å²) in [6, 6.07) is 12.4.